The van der Waals surface area contributed by atoms with Crippen molar-refractivity contribution in [2.45, 2.75) is 6.54 Å². The number of benzene rings is 1. The Balaban J connectivity index is 2.39. The van der Waals surface area contributed by atoms with Gasteiger partial charge in [0.05, 0.1) is 29.4 Å². The smallest absolute Gasteiger partial charge is 0.215 e. The van der Waals surface area contributed by atoms with Gasteiger partial charge in [0, 0.05) is 7.11 Å². The van der Waals surface area contributed by atoms with Crippen molar-refractivity contribution in [3.05, 3.63) is 52.0 Å². The molecule has 0 N–H and O–H groups in total. The molecule has 0 atom stereocenters. The van der Waals surface area contributed by atoms with Crippen molar-refractivity contribution >= 4 is 21.7 Å². The molecule has 0 saturated carbocycles. The molecule has 0 spiro atoms. The molecule has 0 aliphatic carbocycles. The predicted molar refractivity (Wildman–Crippen MR) is 71.6 cm³/mol. The van der Waals surface area contributed by atoms with E-state index in [0.717, 1.165) is 0 Å². The van der Waals surface area contributed by atoms with E-state index in [1.165, 1.54) is 23.0 Å². The molecule has 2 aromatic rings. The fourth-order valence-electron chi connectivity index (χ4n) is 1.71. The lowest BCUT2D eigenvalue weighted by Gasteiger charge is -2.07. The molecule has 0 saturated heterocycles. The molecule has 0 aliphatic rings. The minimum atomic E-state index is -0.543. The highest BCUT2D eigenvalue weighted by Gasteiger charge is 2.21. The Hall–Kier alpha value is -1.53. The van der Waals surface area contributed by atoms with Gasteiger partial charge in [0.25, 0.3) is 0 Å². The van der Waals surface area contributed by atoms with Gasteiger partial charge in [-0.05, 0) is 28.1 Å². The number of carbonyl (C=O) groups excluding carboxylic acids is 1. The maximum atomic E-state index is 13.7. The van der Waals surface area contributed by atoms with Crippen LogP contribution < -0.4 is 0 Å². The van der Waals surface area contributed by atoms with E-state index in [0.29, 0.717) is 23.3 Å². The minimum Gasteiger partial charge on any atom is -0.383 e. The van der Waals surface area contributed by atoms with E-state index >= 15 is 0 Å². The summed E-state index contributed by atoms with van der Waals surface area (Å²) in [4.78, 5) is 12.4. The summed E-state index contributed by atoms with van der Waals surface area (Å²) in [6.45, 7) is 0.850. The van der Waals surface area contributed by atoms with Gasteiger partial charge in [0.2, 0.25) is 5.78 Å². The summed E-state index contributed by atoms with van der Waals surface area (Å²) in [6.07, 6.45) is 1.52. The first-order valence-corrected chi connectivity index (χ1v) is 6.44. The van der Waals surface area contributed by atoms with E-state index in [9.17, 15) is 9.18 Å². The number of ether oxygens (including phenoxy) is 1. The molecule has 1 aromatic carbocycles. The summed E-state index contributed by atoms with van der Waals surface area (Å²) in [5.74, 6) is -0.947. The zero-order valence-corrected chi connectivity index (χ0v) is 11.9. The monoisotopic (exact) mass is 326 g/mol. The van der Waals surface area contributed by atoms with Crippen molar-refractivity contribution in [2.75, 3.05) is 13.7 Å². The average Bonchev–Trinajstić information content (AvgIpc) is 2.77. The fourth-order valence-corrected chi connectivity index (χ4v) is 2.18. The number of halogens is 2. The van der Waals surface area contributed by atoms with Crippen LogP contribution >= 0.6 is 15.9 Å². The zero-order valence-electron chi connectivity index (χ0n) is 10.3. The van der Waals surface area contributed by atoms with Crippen LogP contribution in [-0.4, -0.2) is 29.3 Å². The third kappa shape index (κ3) is 2.90. The lowest BCUT2D eigenvalue weighted by atomic mass is 10.1. The molecule has 4 nitrogen and oxygen atoms in total. The molecule has 0 bridgehead atoms. The Labute approximate surface area is 118 Å². The molecule has 0 amide bonds. The number of ketones is 1. The predicted octanol–water partition coefficient (Wildman–Crippen LogP) is 2.66. The molecule has 19 heavy (non-hydrogen) atoms. The molecular formula is C13H12BrFN2O2. The summed E-state index contributed by atoms with van der Waals surface area (Å²) in [5, 5.41) is 4.08. The van der Waals surface area contributed by atoms with Crippen LogP contribution in [0.15, 0.2) is 34.9 Å². The van der Waals surface area contributed by atoms with Crippen LogP contribution in [-0.2, 0) is 11.3 Å². The molecule has 0 aliphatic heterocycles. The molecule has 0 unspecified atom stereocenters. The van der Waals surface area contributed by atoms with Gasteiger partial charge in [-0.15, -0.1) is 0 Å². The number of hydrogen-bond donors (Lipinski definition) is 0. The van der Waals surface area contributed by atoms with Crippen LogP contribution in [0.25, 0.3) is 0 Å². The molecule has 6 heteroatoms. The standard InChI is InChI=1S/C13H12BrFN2O2/c1-19-7-6-17-12(10(14)8-16-17)13(18)9-4-2-3-5-11(9)15/h2-5,8H,6-7H2,1H3. The highest BCUT2D eigenvalue weighted by molar-refractivity contribution is 9.10. The molecular weight excluding hydrogens is 315 g/mol. The van der Waals surface area contributed by atoms with Crippen LogP contribution in [0, 0.1) is 5.82 Å². The van der Waals surface area contributed by atoms with Crippen molar-refractivity contribution in [1.29, 1.82) is 0 Å². The van der Waals surface area contributed by atoms with Gasteiger partial charge in [-0.25, -0.2) is 4.39 Å². The van der Waals surface area contributed by atoms with Crippen molar-refractivity contribution in [2.24, 2.45) is 0 Å². The summed E-state index contributed by atoms with van der Waals surface area (Å²) < 4.78 is 20.7. The van der Waals surface area contributed by atoms with Gasteiger partial charge >= 0.3 is 0 Å². The molecule has 0 radical (unpaired) electrons. The number of rotatable bonds is 5. The second kappa shape index (κ2) is 6.08. The van der Waals surface area contributed by atoms with Crippen LogP contribution in [0.1, 0.15) is 16.1 Å². The summed E-state index contributed by atoms with van der Waals surface area (Å²) in [5.41, 5.74) is 0.351. The molecule has 0 fully saturated rings. The van der Waals surface area contributed by atoms with E-state index in [4.69, 9.17) is 4.74 Å². The molecule has 1 aromatic heterocycles. The van der Waals surface area contributed by atoms with E-state index in [2.05, 4.69) is 21.0 Å². The van der Waals surface area contributed by atoms with Gasteiger partial charge in [-0.2, -0.15) is 5.10 Å². The number of carbonyl (C=O) groups is 1. The third-order valence-electron chi connectivity index (χ3n) is 2.64. The molecule has 2 rings (SSSR count). The van der Waals surface area contributed by atoms with Crippen molar-refractivity contribution in [3.63, 3.8) is 0 Å². The zero-order chi connectivity index (χ0) is 13.8. The van der Waals surface area contributed by atoms with Crippen molar-refractivity contribution in [3.8, 4) is 0 Å². The Bertz CT molecular complexity index is 598. The topological polar surface area (TPSA) is 44.1 Å². The largest absolute Gasteiger partial charge is 0.383 e. The van der Waals surface area contributed by atoms with E-state index < -0.39 is 11.6 Å². The van der Waals surface area contributed by atoms with E-state index in [-0.39, 0.29) is 5.56 Å². The van der Waals surface area contributed by atoms with Crippen LogP contribution in [0.3, 0.4) is 0 Å². The Morgan fingerprint density at radius 2 is 2.21 bits per heavy atom. The first-order valence-electron chi connectivity index (χ1n) is 5.64. The van der Waals surface area contributed by atoms with Crippen LogP contribution in [0.4, 0.5) is 4.39 Å². The average molecular weight is 327 g/mol. The normalized spacial score (nSPS) is 10.7. The van der Waals surface area contributed by atoms with E-state index in [1.54, 1.807) is 19.2 Å². The van der Waals surface area contributed by atoms with E-state index in [1.807, 2.05) is 0 Å². The van der Waals surface area contributed by atoms with Gasteiger partial charge in [0.1, 0.15) is 11.5 Å². The Morgan fingerprint density at radius 3 is 2.89 bits per heavy atom. The Morgan fingerprint density at radius 1 is 1.47 bits per heavy atom. The number of hydrogen-bond acceptors (Lipinski definition) is 3. The third-order valence-corrected chi connectivity index (χ3v) is 3.22. The van der Waals surface area contributed by atoms with Crippen LogP contribution in [0.5, 0.6) is 0 Å². The quantitative estimate of drug-likeness (QED) is 0.793. The minimum absolute atomic E-state index is 0.0300. The SMILES string of the molecule is COCCn1ncc(Br)c1C(=O)c1ccccc1F. The second-order valence-electron chi connectivity index (χ2n) is 3.87. The van der Waals surface area contributed by atoms with Gasteiger partial charge in [-0.3, -0.25) is 9.48 Å². The van der Waals surface area contributed by atoms with Crippen molar-refractivity contribution < 1.29 is 13.9 Å². The first kappa shape index (κ1) is 13.9. The lowest BCUT2D eigenvalue weighted by Crippen LogP contribution is -2.15. The van der Waals surface area contributed by atoms with Crippen molar-refractivity contribution in [1.82, 2.24) is 9.78 Å². The number of nitrogens with zero attached hydrogens (tertiary/aromatic N) is 2. The lowest BCUT2D eigenvalue weighted by molar-refractivity contribution is 0.102. The summed E-state index contributed by atoms with van der Waals surface area (Å²) in [6, 6.07) is 5.89. The maximum Gasteiger partial charge on any atom is 0.215 e. The summed E-state index contributed by atoms with van der Waals surface area (Å²) >= 11 is 3.26. The molecule has 1 heterocycles. The fraction of sp³-hybridized carbons (Fsp3) is 0.231. The Kier molecular flexibility index (Phi) is 4.44. The number of methoxy groups -OCH3 is 1. The van der Waals surface area contributed by atoms with Gasteiger partial charge in [0.15, 0.2) is 0 Å². The summed E-state index contributed by atoms with van der Waals surface area (Å²) in [7, 11) is 1.57. The van der Waals surface area contributed by atoms with Crippen LogP contribution in [0.2, 0.25) is 0 Å². The number of aromatic nitrogens is 2. The highest BCUT2D eigenvalue weighted by atomic mass is 79.9. The maximum absolute atomic E-state index is 13.7. The van der Waals surface area contributed by atoms with Gasteiger partial charge < -0.3 is 4.74 Å². The second-order valence-corrected chi connectivity index (χ2v) is 4.72. The van der Waals surface area contributed by atoms with Gasteiger partial charge in [-0.1, -0.05) is 12.1 Å². The molecule has 100 valence electrons. The highest BCUT2D eigenvalue weighted by Crippen LogP contribution is 2.21. The first-order chi connectivity index (χ1) is 9.15.